The Hall–Kier alpha value is -3.29. The van der Waals surface area contributed by atoms with E-state index in [9.17, 15) is 10.1 Å². The highest BCUT2D eigenvalue weighted by Gasteiger charge is 2.25. The van der Waals surface area contributed by atoms with Gasteiger partial charge in [-0.15, -0.1) is 0 Å². The third kappa shape index (κ3) is 3.39. The zero-order valence-electron chi connectivity index (χ0n) is 13.7. The van der Waals surface area contributed by atoms with Crippen molar-refractivity contribution in [1.29, 1.82) is 10.5 Å². The minimum absolute atomic E-state index is 0.0612. The van der Waals surface area contributed by atoms with E-state index in [-0.39, 0.29) is 11.3 Å². The van der Waals surface area contributed by atoms with Gasteiger partial charge in [-0.1, -0.05) is 11.6 Å². The lowest BCUT2D eigenvalue weighted by atomic mass is 10.1. The van der Waals surface area contributed by atoms with Crippen molar-refractivity contribution in [2.45, 2.75) is 0 Å². The number of nitro groups is 1. The zero-order chi connectivity index (χ0) is 18.7. The van der Waals surface area contributed by atoms with E-state index in [1.165, 1.54) is 6.07 Å². The number of nitriles is 2. The van der Waals surface area contributed by atoms with Crippen molar-refractivity contribution < 1.29 is 4.92 Å². The summed E-state index contributed by atoms with van der Waals surface area (Å²) in [5.74, 6) is 0. The van der Waals surface area contributed by atoms with Gasteiger partial charge in [0.05, 0.1) is 38.9 Å². The number of benzene rings is 2. The Morgan fingerprint density at radius 3 is 1.92 bits per heavy atom. The molecule has 0 radical (unpaired) electrons. The van der Waals surface area contributed by atoms with Gasteiger partial charge < -0.3 is 9.80 Å². The van der Waals surface area contributed by atoms with Crippen LogP contribution in [-0.2, 0) is 0 Å². The molecule has 0 bridgehead atoms. The number of anilines is 2. The van der Waals surface area contributed by atoms with Gasteiger partial charge >= 0.3 is 0 Å². The molecule has 0 N–H and O–H groups in total. The van der Waals surface area contributed by atoms with E-state index in [4.69, 9.17) is 22.1 Å². The molecule has 8 heteroatoms. The van der Waals surface area contributed by atoms with E-state index in [0.717, 1.165) is 5.69 Å². The summed E-state index contributed by atoms with van der Waals surface area (Å²) >= 11 is 6.27. The van der Waals surface area contributed by atoms with Crippen LogP contribution >= 0.6 is 11.6 Å². The van der Waals surface area contributed by atoms with Gasteiger partial charge in [-0.25, -0.2) is 0 Å². The van der Waals surface area contributed by atoms with E-state index in [2.05, 4.69) is 11.0 Å². The Labute approximate surface area is 155 Å². The van der Waals surface area contributed by atoms with Crippen LogP contribution in [0.15, 0.2) is 36.4 Å². The minimum atomic E-state index is -0.458. The summed E-state index contributed by atoms with van der Waals surface area (Å²) in [5.41, 5.74) is 2.07. The van der Waals surface area contributed by atoms with Gasteiger partial charge in [-0.2, -0.15) is 10.5 Å². The van der Waals surface area contributed by atoms with Gasteiger partial charge in [0, 0.05) is 32.2 Å². The van der Waals surface area contributed by atoms with Gasteiger partial charge in [0.15, 0.2) is 0 Å². The maximum atomic E-state index is 11.3. The van der Waals surface area contributed by atoms with Crippen molar-refractivity contribution in [3.8, 4) is 12.1 Å². The summed E-state index contributed by atoms with van der Waals surface area (Å²) in [7, 11) is 0. The second-order valence-corrected chi connectivity index (χ2v) is 6.23. The third-order valence-corrected chi connectivity index (χ3v) is 4.64. The zero-order valence-corrected chi connectivity index (χ0v) is 14.5. The quantitative estimate of drug-likeness (QED) is 0.609. The molecule has 26 heavy (non-hydrogen) atoms. The van der Waals surface area contributed by atoms with Gasteiger partial charge in [-0.05, 0) is 30.3 Å². The summed E-state index contributed by atoms with van der Waals surface area (Å²) in [6, 6.07) is 13.7. The van der Waals surface area contributed by atoms with E-state index in [1.54, 1.807) is 24.3 Å². The molecule has 2 aromatic carbocycles. The Kier molecular flexibility index (Phi) is 4.92. The molecule has 1 fully saturated rings. The van der Waals surface area contributed by atoms with Crippen molar-refractivity contribution in [3.05, 3.63) is 62.7 Å². The topological polar surface area (TPSA) is 97.2 Å². The molecule has 7 nitrogen and oxygen atoms in total. The highest BCUT2D eigenvalue weighted by molar-refractivity contribution is 6.33. The molecule has 0 aliphatic carbocycles. The van der Waals surface area contributed by atoms with Crippen molar-refractivity contribution in [2.24, 2.45) is 0 Å². The Morgan fingerprint density at radius 1 is 0.923 bits per heavy atom. The summed E-state index contributed by atoms with van der Waals surface area (Å²) in [5, 5.41) is 29.7. The monoisotopic (exact) mass is 367 g/mol. The van der Waals surface area contributed by atoms with Crippen LogP contribution in [0.5, 0.6) is 0 Å². The molecule has 0 saturated carbocycles. The second kappa shape index (κ2) is 7.30. The van der Waals surface area contributed by atoms with Gasteiger partial charge in [0.2, 0.25) is 0 Å². The number of nitrogens with zero attached hydrogens (tertiary/aromatic N) is 5. The summed E-state index contributed by atoms with van der Waals surface area (Å²) in [6.07, 6.45) is 0. The van der Waals surface area contributed by atoms with Crippen molar-refractivity contribution in [2.75, 3.05) is 36.0 Å². The molecule has 0 amide bonds. The molecule has 1 heterocycles. The lowest BCUT2D eigenvalue weighted by molar-refractivity contribution is -0.384. The first-order valence-electron chi connectivity index (χ1n) is 7.91. The van der Waals surface area contributed by atoms with E-state index in [1.807, 2.05) is 17.0 Å². The lowest BCUT2D eigenvalue weighted by Gasteiger charge is -2.37. The van der Waals surface area contributed by atoms with E-state index >= 15 is 0 Å². The van der Waals surface area contributed by atoms with Crippen LogP contribution in [0.25, 0.3) is 0 Å². The van der Waals surface area contributed by atoms with Crippen LogP contribution in [0.3, 0.4) is 0 Å². The molecule has 0 atom stereocenters. The number of halogens is 1. The normalized spacial score (nSPS) is 13.8. The van der Waals surface area contributed by atoms with Gasteiger partial charge in [0.25, 0.3) is 5.69 Å². The van der Waals surface area contributed by atoms with Crippen LogP contribution in [0.2, 0.25) is 5.02 Å². The smallest absolute Gasteiger partial charge is 0.293 e. The predicted molar refractivity (Wildman–Crippen MR) is 98.4 cm³/mol. The number of nitro benzene ring substituents is 1. The molecule has 3 rings (SSSR count). The van der Waals surface area contributed by atoms with Crippen molar-refractivity contribution in [3.63, 3.8) is 0 Å². The fourth-order valence-electron chi connectivity index (χ4n) is 3.03. The molecule has 0 aromatic heterocycles. The van der Waals surface area contributed by atoms with Crippen molar-refractivity contribution in [1.82, 2.24) is 0 Å². The van der Waals surface area contributed by atoms with Crippen LogP contribution in [0, 0.1) is 32.8 Å². The highest BCUT2D eigenvalue weighted by Crippen LogP contribution is 2.32. The average molecular weight is 368 g/mol. The minimum Gasteiger partial charge on any atom is -0.367 e. The fourth-order valence-corrected chi connectivity index (χ4v) is 3.33. The number of rotatable bonds is 3. The molecular weight excluding hydrogens is 354 g/mol. The van der Waals surface area contributed by atoms with Gasteiger partial charge in [0.1, 0.15) is 5.69 Å². The number of hydrogen-bond donors (Lipinski definition) is 0. The van der Waals surface area contributed by atoms with E-state index in [0.29, 0.717) is 42.5 Å². The second-order valence-electron chi connectivity index (χ2n) is 5.82. The molecule has 0 unspecified atom stereocenters. The molecule has 1 saturated heterocycles. The standard InChI is InChI=1S/C18H14ClN5O2/c19-15-9-13(11-20)1-3-16(15)22-5-7-23(8-6-22)17-4-2-14(12-21)10-18(17)24(25)26/h1-4,9-10H,5-8H2. The number of piperazine rings is 1. The van der Waals surface area contributed by atoms with Gasteiger partial charge in [-0.3, -0.25) is 10.1 Å². The molecule has 130 valence electrons. The maximum Gasteiger partial charge on any atom is 0.293 e. The van der Waals surface area contributed by atoms with Crippen LogP contribution in [0.4, 0.5) is 17.1 Å². The highest BCUT2D eigenvalue weighted by atomic mass is 35.5. The first-order valence-corrected chi connectivity index (χ1v) is 8.29. The Balaban J connectivity index is 1.78. The van der Waals surface area contributed by atoms with Crippen LogP contribution in [-0.4, -0.2) is 31.1 Å². The molecule has 1 aliphatic heterocycles. The number of hydrogen-bond acceptors (Lipinski definition) is 6. The average Bonchev–Trinajstić information content (AvgIpc) is 2.67. The molecule has 0 spiro atoms. The Bertz CT molecular complexity index is 940. The third-order valence-electron chi connectivity index (χ3n) is 4.34. The Morgan fingerprint density at radius 2 is 1.42 bits per heavy atom. The fraction of sp³-hybridized carbons (Fsp3) is 0.222. The maximum absolute atomic E-state index is 11.3. The predicted octanol–water partition coefficient (Wildman–Crippen LogP) is 3.32. The first kappa shape index (κ1) is 17.5. The first-order chi connectivity index (χ1) is 12.5. The van der Waals surface area contributed by atoms with Crippen molar-refractivity contribution >= 4 is 28.7 Å². The lowest BCUT2D eigenvalue weighted by Crippen LogP contribution is -2.46. The SMILES string of the molecule is N#Cc1ccc(N2CCN(c3ccc(C#N)cc3[N+](=O)[O-])CC2)c(Cl)c1. The summed E-state index contributed by atoms with van der Waals surface area (Å²) in [4.78, 5) is 14.9. The molecule has 1 aliphatic rings. The molecular formula is C18H14ClN5O2. The largest absolute Gasteiger partial charge is 0.367 e. The summed E-state index contributed by atoms with van der Waals surface area (Å²) < 4.78 is 0. The molecule has 2 aromatic rings. The van der Waals surface area contributed by atoms with Crippen LogP contribution < -0.4 is 9.80 Å². The van der Waals surface area contributed by atoms with Crippen LogP contribution in [0.1, 0.15) is 11.1 Å². The summed E-state index contributed by atoms with van der Waals surface area (Å²) in [6.45, 7) is 2.46. The van der Waals surface area contributed by atoms with E-state index < -0.39 is 4.92 Å².